The van der Waals surface area contributed by atoms with Crippen LogP contribution in [0.3, 0.4) is 0 Å². The van der Waals surface area contributed by atoms with Gasteiger partial charge in [0.15, 0.2) is 0 Å². The number of H-pyrrole nitrogens is 2. The van der Waals surface area contributed by atoms with Crippen LogP contribution in [0.2, 0.25) is 0 Å². The summed E-state index contributed by atoms with van der Waals surface area (Å²) in [6.07, 6.45) is 14.7. The second-order valence-corrected chi connectivity index (χ2v) is 9.87. The summed E-state index contributed by atoms with van der Waals surface area (Å²) < 4.78 is 0. The normalized spacial score (nSPS) is 13.1. The van der Waals surface area contributed by atoms with E-state index in [2.05, 4.69) is 108 Å². The fraction of sp³-hybridized carbons (Fsp3) is 0.0811. The highest BCUT2D eigenvalue weighted by Crippen LogP contribution is 2.34. The monoisotopic (exact) mass is 504 g/mol. The number of aromatic nitrogens is 2. The molecule has 0 atom stereocenters. The fourth-order valence-electron chi connectivity index (χ4n) is 5.48. The van der Waals surface area contributed by atoms with Crippen molar-refractivity contribution in [3.05, 3.63) is 145 Å². The largest absolute Gasteiger partial charge is 0.358 e. The molecule has 0 bridgehead atoms. The topological polar surface area (TPSA) is 31.6 Å². The Morgan fingerprint density at radius 3 is 2.33 bits per heavy atom. The number of rotatable bonds is 4. The SMILES string of the molecule is C1=Cc2c([nH]c3ccc(-c4ccc5c(c4)[nH]c4ccccc45)cc23)CC1.C=C/C=C(\C=C/C)c1ccccc1. The van der Waals surface area contributed by atoms with Gasteiger partial charge in [0.1, 0.15) is 0 Å². The maximum atomic E-state index is 3.70. The van der Waals surface area contributed by atoms with Gasteiger partial charge in [-0.05, 0) is 66.3 Å². The van der Waals surface area contributed by atoms with Crippen LogP contribution in [0.25, 0.3) is 55.5 Å². The molecular formula is C37H32N2. The van der Waals surface area contributed by atoms with E-state index >= 15 is 0 Å². The lowest BCUT2D eigenvalue weighted by molar-refractivity contribution is 0.951. The Morgan fingerprint density at radius 1 is 0.744 bits per heavy atom. The zero-order valence-corrected chi connectivity index (χ0v) is 22.2. The number of para-hydroxylation sites is 1. The molecule has 0 fully saturated rings. The van der Waals surface area contributed by atoms with E-state index in [1.807, 2.05) is 43.4 Å². The molecule has 0 spiro atoms. The second-order valence-electron chi connectivity index (χ2n) is 9.87. The van der Waals surface area contributed by atoms with Crippen molar-refractivity contribution in [2.75, 3.05) is 0 Å². The van der Waals surface area contributed by atoms with Gasteiger partial charge in [-0.15, -0.1) is 0 Å². The molecule has 39 heavy (non-hydrogen) atoms. The van der Waals surface area contributed by atoms with Gasteiger partial charge in [0.2, 0.25) is 0 Å². The summed E-state index contributed by atoms with van der Waals surface area (Å²) in [6.45, 7) is 5.71. The first kappa shape index (κ1) is 24.5. The summed E-state index contributed by atoms with van der Waals surface area (Å²) in [5.41, 5.74) is 11.3. The molecule has 0 radical (unpaired) electrons. The third-order valence-electron chi connectivity index (χ3n) is 7.36. The number of fused-ring (bicyclic) bond motifs is 6. The van der Waals surface area contributed by atoms with Gasteiger partial charge in [-0.25, -0.2) is 0 Å². The van der Waals surface area contributed by atoms with Crippen LogP contribution in [-0.2, 0) is 6.42 Å². The first-order valence-electron chi connectivity index (χ1n) is 13.6. The molecule has 2 aromatic heterocycles. The average Bonchev–Trinajstić information content (AvgIpc) is 3.55. The average molecular weight is 505 g/mol. The standard InChI is InChI=1S/C24H18N2.C13H14/c1-3-7-21-17(5-1)19-11-9-16(14-24(19)26-21)15-10-12-23-20(13-15)18-6-2-4-8-22(18)25-23;1-3-8-12(9-4-2)13-10-6-5-7-11-13/h1-3,5-7,9-14,25-26H,4,8H2;3-11H,1H2,2H3/b;9-4-,12-8+. The highest BCUT2D eigenvalue weighted by atomic mass is 14.7. The van der Waals surface area contributed by atoms with Gasteiger partial charge in [0.25, 0.3) is 0 Å². The molecule has 2 heterocycles. The lowest BCUT2D eigenvalue weighted by Gasteiger charge is -2.05. The van der Waals surface area contributed by atoms with E-state index in [9.17, 15) is 0 Å². The summed E-state index contributed by atoms with van der Waals surface area (Å²) in [4.78, 5) is 7.14. The molecule has 0 amide bonds. The van der Waals surface area contributed by atoms with E-state index < -0.39 is 0 Å². The predicted octanol–water partition coefficient (Wildman–Crippen LogP) is 10.3. The molecule has 1 aliphatic rings. The number of aromatic amines is 2. The van der Waals surface area contributed by atoms with Crippen LogP contribution in [-0.4, -0.2) is 9.97 Å². The number of hydrogen-bond acceptors (Lipinski definition) is 0. The minimum atomic E-state index is 1.11. The highest BCUT2D eigenvalue weighted by molar-refractivity contribution is 6.08. The van der Waals surface area contributed by atoms with Gasteiger partial charge in [0, 0.05) is 44.0 Å². The quantitative estimate of drug-likeness (QED) is 0.224. The maximum absolute atomic E-state index is 3.70. The van der Waals surface area contributed by atoms with Gasteiger partial charge in [0.05, 0.1) is 0 Å². The van der Waals surface area contributed by atoms with Crippen LogP contribution in [0.15, 0.2) is 128 Å². The summed E-state index contributed by atoms with van der Waals surface area (Å²) >= 11 is 0. The summed E-state index contributed by atoms with van der Waals surface area (Å²) in [7, 11) is 0. The Labute approximate surface area is 229 Å². The van der Waals surface area contributed by atoms with Crippen LogP contribution < -0.4 is 0 Å². The summed E-state index contributed by atoms with van der Waals surface area (Å²) in [5, 5.41) is 3.90. The number of benzene rings is 4. The summed E-state index contributed by atoms with van der Waals surface area (Å²) in [6, 6.07) is 32.3. The molecule has 2 N–H and O–H groups in total. The smallest absolute Gasteiger partial charge is 0.0471 e. The Hall–Kier alpha value is -4.82. The van der Waals surface area contributed by atoms with Crippen LogP contribution in [0.5, 0.6) is 0 Å². The number of nitrogens with one attached hydrogen (secondary N) is 2. The Morgan fingerprint density at radius 2 is 1.49 bits per heavy atom. The molecule has 0 aliphatic heterocycles. The molecule has 2 heteroatoms. The first-order chi connectivity index (χ1) is 19.2. The van der Waals surface area contributed by atoms with E-state index in [0.717, 1.165) is 12.8 Å². The molecule has 1 aliphatic carbocycles. The van der Waals surface area contributed by atoms with Gasteiger partial charge in [-0.2, -0.15) is 0 Å². The Bertz CT molecular complexity index is 1870. The van der Waals surface area contributed by atoms with Crippen molar-refractivity contribution >= 4 is 44.4 Å². The highest BCUT2D eigenvalue weighted by Gasteiger charge is 2.13. The van der Waals surface area contributed by atoms with E-state index in [0.29, 0.717) is 0 Å². The molecule has 6 aromatic rings. The van der Waals surface area contributed by atoms with Gasteiger partial charge in [-0.3, -0.25) is 0 Å². The molecule has 4 aromatic carbocycles. The van der Waals surface area contributed by atoms with Crippen molar-refractivity contribution in [3.63, 3.8) is 0 Å². The van der Waals surface area contributed by atoms with E-state index in [4.69, 9.17) is 0 Å². The van der Waals surface area contributed by atoms with Gasteiger partial charge < -0.3 is 9.97 Å². The molecule has 0 saturated carbocycles. The van der Waals surface area contributed by atoms with Crippen LogP contribution in [0, 0.1) is 0 Å². The van der Waals surface area contributed by atoms with Crippen molar-refractivity contribution in [2.45, 2.75) is 19.8 Å². The molecule has 0 unspecified atom stereocenters. The zero-order chi connectivity index (χ0) is 26.6. The maximum Gasteiger partial charge on any atom is 0.0471 e. The van der Waals surface area contributed by atoms with E-state index in [1.54, 1.807) is 0 Å². The molecular weight excluding hydrogens is 472 g/mol. The Balaban J connectivity index is 0.000000181. The van der Waals surface area contributed by atoms with Crippen molar-refractivity contribution in [2.24, 2.45) is 0 Å². The van der Waals surface area contributed by atoms with Crippen molar-refractivity contribution in [3.8, 4) is 11.1 Å². The van der Waals surface area contributed by atoms with Crippen molar-refractivity contribution < 1.29 is 0 Å². The zero-order valence-electron chi connectivity index (χ0n) is 22.2. The van der Waals surface area contributed by atoms with Crippen LogP contribution in [0.1, 0.15) is 30.2 Å². The second kappa shape index (κ2) is 10.9. The lowest BCUT2D eigenvalue weighted by Crippen LogP contribution is -1.90. The van der Waals surface area contributed by atoms with Gasteiger partial charge in [-0.1, -0.05) is 110 Å². The number of hydrogen-bond donors (Lipinski definition) is 2. The van der Waals surface area contributed by atoms with Crippen molar-refractivity contribution in [1.29, 1.82) is 0 Å². The van der Waals surface area contributed by atoms with E-state index in [-0.39, 0.29) is 0 Å². The van der Waals surface area contributed by atoms with Crippen LogP contribution >= 0.6 is 0 Å². The Kier molecular flexibility index (Phi) is 6.84. The van der Waals surface area contributed by atoms with Crippen LogP contribution in [0.4, 0.5) is 0 Å². The molecule has 7 rings (SSSR count). The first-order valence-corrected chi connectivity index (χ1v) is 13.6. The lowest BCUT2D eigenvalue weighted by atomic mass is 9.98. The minimum Gasteiger partial charge on any atom is -0.358 e. The number of allylic oxidation sites excluding steroid dienone is 6. The minimum absolute atomic E-state index is 1.11. The molecule has 190 valence electrons. The predicted molar refractivity (Wildman–Crippen MR) is 170 cm³/mol. The summed E-state index contributed by atoms with van der Waals surface area (Å²) in [5.74, 6) is 0. The molecule has 2 nitrogen and oxygen atoms in total. The third-order valence-corrected chi connectivity index (χ3v) is 7.36. The fourth-order valence-corrected chi connectivity index (χ4v) is 5.48. The molecule has 0 saturated heterocycles. The van der Waals surface area contributed by atoms with Gasteiger partial charge >= 0.3 is 0 Å². The van der Waals surface area contributed by atoms with E-state index in [1.165, 1.54) is 66.2 Å². The number of aryl methyl sites for hydroxylation is 1. The van der Waals surface area contributed by atoms with Crippen molar-refractivity contribution in [1.82, 2.24) is 9.97 Å². The third kappa shape index (κ3) is 4.89.